The van der Waals surface area contributed by atoms with Gasteiger partial charge < -0.3 is 5.73 Å². The molecule has 2 rings (SSSR count). The molecule has 3 nitrogen and oxygen atoms in total. The molecule has 0 aliphatic carbocycles. The van der Waals surface area contributed by atoms with Crippen molar-refractivity contribution in [2.75, 3.05) is 5.73 Å². The maximum Gasteiger partial charge on any atom is 0.129 e. The first-order chi connectivity index (χ1) is 8.00. The van der Waals surface area contributed by atoms with Crippen LogP contribution in [0, 0.1) is 6.92 Å². The topological polar surface area (TPSA) is 43.8 Å². The third kappa shape index (κ3) is 2.05. The minimum absolute atomic E-state index is 0.521. The molecular formula is C14H19N3. The maximum atomic E-state index is 6.03. The third-order valence-corrected chi connectivity index (χ3v) is 3.20. The minimum Gasteiger partial charge on any atom is -0.383 e. The fourth-order valence-electron chi connectivity index (χ4n) is 1.94. The molecule has 0 saturated carbocycles. The predicted octanol–water partition coefficient (Wildman–Crippen LogP) is 3.10. The number of anilines is 1. The van der Waals surface area contributed by atoms with Crippen LogP contribution in [-0.2, 0) is 7.05 Å². The van der Waals surface area contributed by atoms with Gasteiger partial charge in [-0.15, -0.1) is 0 Å². The molecule has 0 atom stereocenters. The van der Waals surface area contributed by atoms with E-state index in [4.69, 9.17) is 5.73 Å². The van der Waals surface area contributed by atoms with E-state index in [0.29, 0.717) is 11.7 Å². The lowest BCUT2D eigenvalue weighted by molar-refractivity contribution is 0.779. The van der Waals surface area contributed by atoms with E-state index in [1.807, 2.05) is 13.2 Å². The molecule has 0 fully saturated rings. The van der Waals surface area contributed by atoms with E-state index in [1.165, 1.54) is 16.7 Å². The van der Waals surface area contributed by atoms with Crippen molar-refractivity contribution in [3.8, 4) is 11.1 Å². The van der Waals surface area contributed by atoms with Crippen molar-refractivity contribution in [3.63, 3.8) is 0 Å². The van der Waals surface area contributed by atoms with Crippen molar-refractivity contribution in [1.29, 1.82) is 0 Å². The van der Waals surface area contributed by atoms with Crippen molar-refractivity contribution in [3.05, 3.63) is 35.5 Å². The highest BCUT2D eigenvalue weighted by molar-refractivity contribution is 5.76. The van der Waals surface area contributed by atoms with Crippen LogP contribution in [0.1, 0.15) is 30.9 Å². The number of benzene rings is 1. The van der Waals surface area contributed by atoms with Crippen LogP contribution in [-0.4, -0.2) is 9.78 Å². The summed E-state index contributed by atoms with van der Waals surface area (Å²) in [6.45, 7) is 6.49. The molecule has 0 aliphatic rings. The Morgan fingerprint density at radius 2 is 1.94 bits per heavy atom. The summed E-state index contributed by atoms with van der Waals surface area (Å²) in [4.78, 5) is 0. The predicted molar refractivity (Wildman–Crippen MR) is 71.9 cm³/mol. The summed E-state index contributed by atoms with van der Waals surface area (Å²) in [5, 5.41) is 4.20. The number of nitrogens with two attached hydrogens (primary N) is 1. The zero-order chi connectivity index (χ0) is 12.6. The highest BCUT2D eigenvalue weighted by atomic mass is 15.3. The second kappa shape index (κ2) is 4.24. The smallest absolute Gasteiger partial charge is 0.129 e. The lowest BCUT2D eigenvalue weighted by atomic mass is 9.95. The Labute approximate surface area is 102 Å². The fraction of sp³-hybridized carbons (Fsp3) is 0.357. The molecule has 1 heterocycles. The van der Waals surface area contributed by atoms with E-state index in [1.54, 1.807) is 4.68 Å². The summed E-state index contributed by atoms with van der Waals surface area (Å²) >= 11 is 0. The average molecular weight is 229 g/mol. The molecule has 1 aromatic carbocycles. The van der Waals surface area contributed by atoms with Crippen molar-refractivity contribution >= 4 is 5.82 Å². The highest BCUT2D eigenvalue weighted by Crippen LogP contribution is 2.30. The molecule has 0 saturated heterocycles. The number of rotatable bonds is 2. The van der Waals surface area contributed by atoms with Crippen molar-refractivity contribution in [1.82, 2.24) is 9.78 Å². The van der Waals surface area contributed by atoms with Crippen LogP contribution in [0.3, 0.4) is 0 Å². The first-order valence-electron chi connectivity index (χ1n) is 5.89. The second-order valence-electron chi connectivity index (χ2n) is 4.80. The van der Waals surface area contributed by atoms with E-state index in [0.717, 1.165) is 5.56 Å². The highest BCUT2D eigenvalue weighted by Gasteiger charge is 2.11. The fourth-order valence-corrected chi connectivity index (χ4v) is 1.94. The van der Waals surface area contributed by atoms with E-state index in [-0.39, 0.29) is 0 Å². The molecule has 3 heteroatoms. The van der Waals surface area contributed by atoms with Gasteiger partial charge in [-0.05, 0) is 29.5 Å². The number of hydrogen-bond donors (Lipinski definition) is 1. The Bertz CT molecular complexity index is 538. The van der Waals surface area contributed by atoms with Crippen LogP contribution >= 0.6 is 0 Å². The Morgan fingerprint density at radius 1 is 1.24 bits per heavy atom. The van der Waals surface area contributed by atoms with Crippen LogP contribution < -0.4 is 5.73 Å². The molecule has 17 heavy (non-hydrogen) atoms. The Hall–Kier alpha value is -1.77. The molecule has 2 N–H and O–H groups in total. The van der Waals surface area contributed by atoms with Gasteiger partial charge in [0.2, 0.25) is 0 Å². The quantitative estimate of drug-likeness (QED) is 0.860. The molecule has 0 bridgehead atoms. The zero-order valence-corrected chi connectivity index (χ0v) is 10.9. The van der Waals surface area contributed by atoms with Gasteiger partial charge in [0, 0.05) is 12.6 Å². The summed E-state index contributed by atoms with van der Waals surface area (Å²) in [5.74, 6) is 1.24. The summed E-state index contributed by atoms with van der Waals surface area (Å²) < 4.78 is 1.71. The van der Waals surface area contributed by atoms with Gasteiger partial charge in [-0.25, -0.2) is 0 Å². The first-order valence-corrected chi connectivity index (χ1v) is 5.89. The van der Waals surface area contributed by atoms with Crippen molar-refractivity contribution in [2.24, 2.45) is 7.05 Å². The Morgan fingerprint density at radius 3 is 2.47 bits per heavy atom. The van der Waals surface area contributed by atoms with Crippen molar-refractivity contribution in [2.45, 2.75) is 26.7 Å². The van der Waals surface area contributed by atoms with E-state index >= 15 is 0 Å². The van der Waals surface area contributed by atoms with Crippen LogP contribution in [0.2, 0.25) is 0 Å². The van der Waals surface area contributed by atoms with Gasteiger partial charge >= 0.3 is 0 Å². The summed E-state index contributed by atoms with van der Waals surface area (Å²) in [5.41, 5.74) is 10.8. The zero-order valence-electron chi connectivity index (χ0n) is 10.9. The average Bonchev–Trinajstić information content (AvgIpc) is 2.60. The summed E-state index contributed by atoms with van der Waals surface area (Å²) in [7, 11) is 1.86. The Balaban J connectivity index is 2.58. The lowest BCUT2D eigenvalue weighted by Gasteiger charge is -2.11. The van der Waals surface area contributed by atoms with E-state index < -0.39 is 0 Å². The van der Waals surface area contributed by atoms with Crippen LogP contribution in [0.4, 0.5) is 5.82 Å². The van der Waals surface area contributed by atoms with Gasteiger partial charge in [0.05, 0.1) is 6.20 Å². The van der Waals surface area contributed by atoms with Gasteiger partial charge in [0.25, 0.3) is 0 Å². The van der Waals surface area contributed by atoms with Gasteiger partial charge in [0.1, 0.15) is 5.82 Å². The number of nitrogen functional groups attached to an aromatic ring is 1. The number of hydrogen-bond acceptors (Lipinski definition) is 2. The molecule has 0 unspecified atom stereocenters. The standard InChI is InChI=1S/C14H19N3/c1-9(2)11-6-5-10(3)12(7-11)13-8-16-17(4)14(13)15/h5-9H,15H2,1-4H3. The van der Waals surface area contributed by atoms with E-state index in [2.05, 4.69) is 44.1 Å². The molecule has 0 radical (unpaired) electrons. The van der Waals surface area contributed by atoms with Gasteiger partial charge in [-0.1, -0.05) is 32.0 Å². The summed E-state index contributed by atoms with van der Waals surface area (Å²) in [6, 6.07) is 6.54. The van der Waals surface area contributed by atoms with Crippen LogP contribution in [0.15, 0.2) is 24.4 Å². The SMILES string of the molecule is Cc1ccc(C(C)C)cc1-c1cnn(C)c1N. The monoisotopic (exact) mass is 229 g/mol. The molecule has 1 aromatic heterocycles. The second-order valence-corrected chi connectivity index (χ2v) is 4.80. The molecular weight excluding hydrogens is 210 g/mol. The molecule has 0 aliphatic heterocycles. The minimum atomic E-state index is 0.521. The molecule has 0 spiro atoms. The Kier molecular flexibility index (Phi) is 2.92. The summed E-state index contributed by atoms with van der Waals surface area (Å²) in [6.07, 6.45) is 1.84. The van der Waals surface area contributed by atoms with Crippen LogP contribution in [0.5, 0.6) is 0 Å². The third-order valence-electron chi connectivity index (χ3n) is 3.20. The van der Waals surface area contributed by atoms with Gasteiger partial charge in [0.15, 0.2) is 0 Å². The van der Waals surface area contributed by atoms with Gasteiger partial charge in [-0.3, -0.25) is 4.68 Å². The number of aryl methyl sites for hydroxylation is 2. The lowest BCUT2D eigenvalue weighted by Crippen LogP contribution is -1.99. The van der Waals surface area contributed by atoms with Crippen molar-refractivity contribution < 1.29 is 0 Å². The van der Waals surface area contributed by atoms with E-state index in [9.17, 15) is 0 Å². The molecule has 90 valence electrons. The largest absolute Gasteiger partial charge is 0.383 e. The number of nitrogens with zero attached hydrogens (tertiary/aromatic N) is 2. The molecule has 0 amide bonds. The number of aromatic nitrogens is 2. The normalized spacial score (nSPS) is 11.1. The maximum absolute atomic E-state index is 6.03. The molecule has 2 aromatic rings. The van der Waals surface area contributed by atoms with Gasteiger partial charge in [-0.2, -0.15) is 5.10 Å². The first kappa shape index (κ1) is 11.7. The van der Waals surface area contributed by atoms with Crippen LogP contribution in [0.25, 0.3) is 11.1 Å².